The molecule has 1 saturated heterocycles. The minimum atomic E-state index is -0.316. The molecular formula is C17H12ClNO3S. The molecule has 2 aromatic rings. The SMILES string of the molecule is O=C1S/C(=C\C=C\c2ccco2)C(=O)N1Cc1ccccc1Cl. The number of carbonyl (C=O) groups is 2. The number of furan rings is 1. The van der Waals surface area contributed by atoms with Crippen molar-refractivity contribution in [3.63, 3.8) is 0 Å². The van der Waals surface area contributed by atoms with Gasteiger partial charge in [0.2, 0.25) is 0 Å². The smallest absolute Gasteiger partial charge is 0.293 e. The van der Waals surface area contributed by atoms with Crippen molar-refractivity contribution >= 4 is 40.6 Å². The van der Waals surface area contributed by atoms with E-state index in [0.29, 0.717) is 15.7 Å². The molecule has 1 aliphatic heterocycles. The Balaban J connectivity index is 1.73. The number of allylic oxidation sites excluding steroid dienone is 2. The van der Waals surface area contributed by atoms with Gasteiger partial charge in [0.15, 0.2) is 0 Å². The minimum Gasteiger partial charge on any atom is -0.465 e. The van der Waals surface area contributed by atoms with E-state index < -0.39 is 0 Å². The highest BCUT2D eigenvalue weighted by Crippen LogP contribution is 2.32. The van der Waals surface area contributed by atoms with Crippen LogP contribution in [0.4, 0.5) is 4.79 Å². The molecule has 0 unspecified atom stereocenters. The predicted octanol–water partition coefficient (Wildman–Crippen LogP) is 4.73. The third-order valence-corrected chi connectivity index (χ3v) is 4.51. The highest BCUT2D eigenvalue weighted by atomic mass is 35.5. The summed E-state index contributed by atoms with van der Waals surface area (Å²) in [5, 5.41) is 0.237. The zero-order valence-electron chi connectivity index (χ0n) is 11.9. The maximum atomic E-state index is 12.3. The summed E-state index contributed by atoms with van der Waals surface area (Å²) in [6, 6.07) is 10.7. The lowest BCUT2D eigenvalue weighted by Crippen LogP contribution is -2.27. The summed E-state index contributed by atoms with van der Waals surface area (Å²) in [5.74, 6) is 0.362. The van der Waals surface area contributed by atoms with Crippen LogP contribution in [0.1, 0.15) is 11.3 Å². The molecule has 1 aromatic heterocycles. The van der Waals surface area contributed by atoms with E-state index in [1.165, 1.54) is 4.90 Å². The van der Waals surface area contributed by atoms with Crippen molar-refractivity contribution in [2.24, 2.45) is 0 Å². The average molecular weight is 346 g/mol. The van der Waals surface area contributed by atoms with Gasteiger partial charge in [0.1, 0.15) is 5.76 Å². The van der Waals surface area contributed by atoms with Crippen LogP contribution in [0.25, 0.3) is 6.08 Å². The summed E-state index contributed by atoms with van der Waals surface area (Å²) < 4.78 is 5.16. The fraction of sp³-hybridized carbons (Fsp3) is 0.0588. The van der Waals surface area contributed by atoms with Crippen molar-refractivity contribution in [2.75, 3.05) is 0 Å². The lowest BCUT2D eigenvalue weighted by atomic mass is 10.2. The summed E-state index contributed by atoms with van der Waals surface area (Å²) in [6.45, 7) is 0.170. The number of thioether (sulfide) groups is 1. The summed E-state index contributed by atoms with van der Waals surface area (Å²) >= 11 is 7.00. The number of imide groups is 1. The van der Waals surface area contributed by atoms with Crippen molar-refractivity contribution in [1.29, 1.82) is 0 Å². The van der Waals surface area contributed by atoms with Gasteiger partial charge in [0.25, 0.3) is 11.1 Å². The van der Waals surface area contributed by atoms with Gasteiger partial charge in [0, 0.05) is 5.02 Å². The van der Waals surface area contributed by atoms with Crippen molar-refractivity contribution in [3.05, 3.63) is 76.1 Å². The normalized spacial score (nSPS) is 16.9. The Morgan fingerprint density at radius 1 is 1.17 bits per heavy atom. The minimum absolute atomic E-state index is 0.170. The topological polar surface area (TPSA) is 50.5 Å². The van der Waals surface area contributed by atoms with Gasteiger partial charge >= 0.3 is 0 Å². The largest absolute Gasteiger partial charge is 0.465 e. The quantitative estimate of drug-likeness (QED) is 0.752. The Labute approximate surface area is 142 Å². The highest BCUT2D eigenvalue weighted by Gasteiger charge is 2.34. The number of rotatable bonds is 4. The van der Waals surface area contributed by atoms with Crippen molar-refractivity contribution in [1.82, 2.24) is 4.90 Å². The van der Waals surface area contributed by atoms with Crippen molar-refractivity contribution < 1.29 is 14.0 Å². The Morgan fingerprint density at radius 2 is 2.00 bits per heavy atom. The van der Waals surface area contributed by atoms with Gasteiger partial charge in [-0.3, -0.25) is 14.5 Å². The van der Waals surface area contributed by atoms with Crippen LogP contribution in [0, 0.1) is 0 Å². The van der Waals surface area contributed by atoms with Gasteiger partial charge < -0.3 is 4.42 Å². The molecule has 23 heavy (non-hydrogen) atoms. The second-order valence-electron chi connectivity index (χ2n) is 4.76. The van der Waals surface area contributed by atoms with Gasteiger partial charge in [-0.05, 0) is 47.7 Å². The van der Waals surface area contributed by atoms with Crippen LogP contribution in [-0.2, 0) is 11.3 Å². The second kappa shape index (κ2) is 6.89. The number of carbonyl (C=O) groups excluding carboxylic acids is 2. The highest BCUT2D eigenvalue weighted by molar-refractivity contribution is 8.18. The number of nitrogens with zero attached hydrogens (tertiary/aromatic N) is 1. The summed E-state index contributed by atoms with van der Waals surface area (Å²) in [6.07, 6.45) is 6.59. The third kappa shape index (κ3) is 3.57. The molecule has 0 atom stereocenters. The van der Waals surface area contributed by atoms with Gasteiger partial charge in [0.05, 0.1) is 17.7 Å². The molecule has 1 aliphatic rings. The number of halogens is 1. The van der Waals surface area contributed by atoms with Gasteiger partial charge in [-0.15, -0.1) is 0 Å². The maximum Gasteiger partial charge on any atom is 0.293 e. The Bertz CT molecular complexity index is 796. The fourth-order valence-electron chi connectivity index (χ4n) is 2.06. The number of hydrogen-bond acceptors (Lipinski definition) is 4. The zero-order chi connectivity index (χ0) is 16.2. The fourth-order valence-corrected chi connectivity index (χ4v) is 3.05. The first-order valence-corrected chi connectivity index (χ1v) is 8.03. The molecule has 0 bridgehead atoms. The molecule has 4 nitrogen and oxygen atoms in total. The van der Waals surface area contributed by atoms with Gasteiger partial charge in [-0.2, -0.15) is 0 Å². The van der Waals surface area contributed by atoms with E-state index in [1.54, 1.807) is 54.8 Å². The van der Waals surface area contributed by atoms with Crippen LogP contribution in [0.5, 0.6) is 0 Å². The summed E-state index contributed by atoms with van der Waals surface area (Å²) in [5.41, 5.74) is 0.740. The second-order valence-corrected chi connectivity index (χ2v) is 6.16. The summed E-state index contributed by atoms with van der Waals surface area (Å²) in [4.78, 5) is 26.0. The molecule has 6 heteroatoms. The average Bonchev–Trinajstić information content (AvgIpc) is 3.13. The van der Waals surface area contributed by atoms with Crippen LogP contribution < -0.4 is 0 Å². The zero-order valence-corrected chi connectivity index (χ0v) is 13.5. The molecule has 2 amide bonds. The molecule has 0 saturated carbocycles. The standard InChI is InChI=1S/C17H12ClNO3S/c18-14-8-2-1-5-12(14)11-19-16(20)15(23-17(19)21)9-3-6-13-7-4-10-22-13/h1-10H,11H2/b6-3+,15-9-. The lowest BCUT2D eigenvalue weighted by molar-refractivity contribution is -0.123. The van der Waals surface area contributed by atoms with Crippen LogP contribution >= 0.6 is 23.4 Å². The first kappa shape index (κ1) is 15.6. The van der Waals surface area contributed by atoms with Crippen LogP contribution in [0.3, 0.4) is 0 Å². The molecule has 0 N–H and O–H groups in total. The van der Waals surface area contributed by atoms with E-state index in [2.05, 4.69) is 0 Å². The Kier molecular flexibility index (Phi) is 4.69. The number of hydrogen-bond donors (Lipinski definition) is 0. The Morgan fingerprint density at radius 3 is 2.74 bits per heavy atom. The monoisotopic (exact) mass is 345 g/mol. The molecule has 1 aromatic carbocycles. The first-order valence-electron chi connectivity index (χ1n) is 6.84. The first-order chi connectivity index (χ1) is 11.1. The maximum absolute atomic E-state index is 12.3. The van der Waals surface area contributed by atoms with E-state index >= 15 is 0 Å². The lowest BCUT2D eigenvalue weighted by Gasteiger charge is -2.13. The van der Waals surface area contributed by atoms with Crippen LogP contribution in [0.15, 0.2) is 64.1 Å². The molecule has 2 heterocycles. The molecular weight excluding hydrogens is 334 g/mol. The van der Waals surface area contributed by atoms with E-state index in [9.17, 15) is 9.59 Å². The van der Waals surface area contributed by atoms with E-state index in [4.69, 9.17) is 16.0 Å². The molecule has 1 fully saturated rings. The van der Waals surface area contributed by atoms with E-state index in [-0.39, 0.29) is 17.7 Å². The molecule has 116 valence electrons. The number of benzene rings is 1. The van der Waals surface area contributed by atoms with Gasteiger partial charge in [-0.25, -0.2) is 0 Å². The third-order valence-electron chi connectivity index (χ3n) is 3.21. The van der Waals surface area contributed by atoms with Crippen molar-refractivity contribution in [2.45, 2.75) is 6.54 Å². The molecule has 0 radical (unpaired) electrons. The number of amides is 2. The molecule has 0 spiro atoms. The molecule has 3 rings (SSSR count). The van der Waals surface area contributed by atoms with Crippen LogP contribution in [-0.4, -0.2) is 16.0 Å². The van der Waals surface area contributed by atoms with Crippen molar-refractivity contribution in [3.8, 4) is 0 Å². The Hall–Kier alpha value is -2.24. The van der Waals surface area contributed by atoms with E-state index in [1.807, 2.05) is 6.07 Å². The van der Waals surface area contributed by atoms with E-state index in [0.717, 1.165) is 17.3 Å². The van der Waals surface area contributed by atoms with Gasteiger partial charge in [-0.1, -0.05) is 35.9 Å². The predicted molar refractivity (Wildman–Crippen MR) is 90.8 cm³/mol. The summed E-state index contributed by atoms with van der Waals surface area (Å²) in [7, 11) is 0. The van der Waals surface area contributed by atoms with Crippen LogP contribution in [0.2, 0.25) is 5.02 Å². The molecule has 0 aliphatic carbocycles.